The maximum Gasteiger partial charge on any atom is 0.165 e. The normalized spacial score (nSPS) is 12.0. The number of nitrogens with zero attached hydrogens (tertiary/aromatic N) is 4. The molecule has 326 valence electrons. The van der Waals surface area contributed by atoms with Crippen molar-refractivity contribution in [3.05, 3.63) is 218 Å². The van der Waals surface area contributed by atoms with Gasteiger partial charge in [-0.25, -0.2) is 15.0 Å². The summed E-state index contributed by atoms with van der Waals surface area (Å²) in [4.78, 5) is 15.7. The molecule has 15 aromatic rings. The molecule has 5 aromatic heterocycles. The van der Waals surface area contributed by atoms with E-state index in [9.17, 15) is 0 Å². The van der Waals surface area contributed by atoms with Crippen molar-refractivity contribution in [1.29, 1.82) is 0 Å². The van der Waals surface area contributed by atoms with E-state index in [1.165, 1.54) is 37.3 Å². The summed E-state index contributed by atoms with van der Waals surface area (Å²) < 4.78 is 18.1. The number of hydrogen-bond acceptors (Lipinski definition) is 6. The molecule has 6 nitrogen and oxygen atoms in total. The van der Waals surface area contributed by atoms with Gasteiger partial charge in [0.1, 0.15) is 22.3 Å². The minimum atomic E-state index is 0.584. The van der Waals surface area contributed by atoms with Crippen LogP contribution in [0.1, 0.15) is 0 Å². The first-order valence-corrected chi connectivity index (χ1v) is 24.2. The quantitative estimate of drug-likeness (QED) is 0.166. The van der Waals surface area contributed by atoms with Gasteiger partial charge in [-0.3, -0.25) is 0 Å². The average molecular weight is 913 g/mol. The third-order valence-electron chi connectivity index (χ3n) is 13.9. The van der Waals surface area contributed by atoms with Crippen LogP contribution >= 0.6 is 11.3 Å². The van der Waals surface area contributed by atoms with Crippen molar-refractivity contribution >= 4 is 97.2 Å². The lowest BCUT2D eigenvalue weighted by atomic mass is 9.96. The van der Waals surface area contributed by atoms with E-state index in [0.717, 1.165) is 93.2 Å². The van der Waals surface area contributed by atoms with Gasteiger partial charge in [-0.05, 0) is 101 Å². The van der Waals surface area contributed by atoms with E-state index in [1.807, 2.05) is 30.3 Å². The van der Waals surface area contributed by atoms with Crippen molar-refractivity contribution in [2.75, 3.05) is 0 Å². The Morgan fingerprint density at radius 1 is 0.329 bits per heavy atom. The van der Waals surface area contributed by atoms with Gasteiger partial charge in [0.15, 0.2) is 17.5 Å². The van der Waals surface area contributed by atoms with E-state index >= 15 is 0 Å². The van der Waals surface area contributed by atoms with Crippen molar-refractivity contribution in [3.8, 4) is 62.1 Å². The molecule has 10 aromatic carbocycles. The SMILES string of the molecule is c1ccc(-c2nc(-c3cccc4c3sc3ccccc34)nc(-c3cccc4oc5ccc(-c6cccc7oc8cc(-c9ccc%10c(c9)c9ccccc9n%10-c9ccccc9)ccc8c67)cc5c34)n2)cc1. The van der Waals surface area contributed by atoms with Crippen LogP contribution in [-0.4, -0.2) is 19.5 Å². The Balaban J connectivity index is 0.864. The van der Waals surface area contributed by atoms with Gasteiger partial charge in [0.05, 0.1) is 11.0 Å². The van der Waals surface area contributed by atoms with E-state index in [0.29, 0.717) is 17.5 Å². The molecule has 0 amide bonds. The zero-order valence-electron chi connectivity index (χ0n) is 37.3. The average Bonchev–Trinajstić information content (AvgIpc) is 4.19. The van der Waals surface area contributed by atoms with Crippen molar-refractivity contribution in [2.24, 2.45) is 0 Å². The maximum absolute atomic E-state index is 6.71. The first kappa shape index (κ1) is 38.9. The lowest BCUT2D eigenvalue weighted by Crippen LogP contribution is -2.00. The first-order valence-electron chi connectivity index (χ1n) is 23.4. The van der Waals surface area contributed by atoms with E-state index < -0.39 is 0 Å². The minimum Gasteiger partial charge on any atom is -0.456 e. The molecule has 7 heteroatoms. The van der Waals surface area contributed by atoms with Gasteiger partial charge in [-0.1, -0.05) is 140 Å². The van der Waals surface area contributed by atoms with E-state index in [1.54, 1.807) is 11.3 Å². The van der Waals surface area contributed by atoms with Gasteiger partial charge in [0, 0.05) is 74.9 Å². The van der Waals surface area contributed by atoms with Crippen LogP contribution in [0.2, 0.25) is 0 Å². The van der Waals surface area contributed by atoms with E-state index in [2.05, 4.69) is 193 Å². The van der Waals surface area contributed by atoms with Crippen LogP contribution in [0.25, 0.3) is 148 Å². The molecule has 0 bridgehead atoms. The molecule has 0 unspecified atom stereocenters. The Labute approximate surface area is 404 Å². The molecule has 70 heavy (non-hydrogen) atoms. The highest BCUT2D eigenvalue weighted by Gasteiger charge is 2.22. The molecule has 0 atom stereocenters. The fourth-order valence-electron chi connectivity index (χ4n) is 10.7. The molecular weight excluding hydrogens is 877 g/mol. The largest absolute Gasteiger partial charge is 0.456 e. The Hall–Kier alpha value is -9.17. The summed E-state index contributed by atoms with van der Waals surface area (Å²) in [5, 5.41) is 8.93. The molecule has 0 fully saturated rings. The number of fused-ring (bicyclic) bond motifs is 12. The fourth-order valence-corrected chi connectivity index (χ4v) is 11.9. The molecule has 0 aliphatic carbocycles. The predicted octanol–water partition coefficient (Wildman–Crippen LogP) is 17.5. The molecule has 0 radical (unpaired) electrons. The smallest absolute Gasteiger partial charge is 0.165 e. The number of rotatable bonds is 6. The van der Waals surface area contributed by atoms with Crippen molar-refractivity contribution in [2.45, 2.75) is 0 Å². The summed E-state index contributed by atoms with van der Waals surface area (Å²) in [6, 6.07) is 76.7. The Morgan fingerprint density at radius 3 is 1.79 bits per heavy atom. The molecule has 0 aliphatic heterocycles. The standard InChI is InChI=1S/C63H36N4O2S/c1-3-14-37(15-4-1)61-64-62(66-63(65-61)48-23-11-21-45-44-19-8-10-27-57(44)70-60(45)48)47-22-13-26-55-59(47)50-35-40(30-33-53(50)68-55)42-20-12-25-54-58(42)46-31-28-39(36-56(46)69-54)38-29-32-52-49(34-38)43-18-7-9-24-51(43)67(52)41-16-5-2-6-17-41/h1-36H. The molecule has 5 heterocycles. The first-order chi connectivity index (χ1) is 34.7. The van der Waals surface area contributed by atoms with Crippen molar-refractivity contribution < 1.29 is 8.83 Å². The van der Waals surface area contributed by atoms with E-state index in [4.69, 9.17) is 23.8 Å². The Morgan fingerprint density at radius 2 is 0.929 bits per heavy atom. The second-order valence-electron chi connectivity index (χ2n) is 17.9. The zero-order chi connectivity index (χ0) is 45.9. The summed E-state index contributed by atoms with van der Waals surface area (Å²) in [6.07, 6.45) is 0. The number of benzene rings is 10. The topological polar surface area (TPSA) is 69.9 Å². The van der Waals surface area contributed by atoms with Crippen LogP contribution in [0, 0.1) is 0 Å². The molecule has 0 aliphatic rings. The summed E-state index contributed by atoms with van der Waals surface area (Å²) in [6.45, 7) is 0. The highest BCUT2D eigenvalue weighted by Crippen LogP contribution is 2.44. The van der Waals surface area contributed by atoms with Crippen LogP contribution < -0.4 is 0 Å². The maximum atomic E-state index is 6.71. The van der Waals surface area contributed by atoms with Gasteiger partial charge in [0.2, 0.25) is 0 Å². The third kappa shape index (κ3) is 5.95. The van der Waals surface area contributed by atoms with Crippen LogP contribution in [-0.2, 0) is 0 Å². The summed E-state index contributed by atoms with van der Waals surface area (Å²) in [5.41, 5.74) is 13.9. The summed E-state index contributed by atoms with van der Waals surface area (Å²) in [5.74, 6) is 1.83. The van der Waals surface area contributed by atoms with Crippen molar-refractivity contribution in [3.63, 3.8) is 0 Å². The van der Waals surface area contributed by atoms with Gasteiger partial charge in [-0.15, -0.1) is 11.3 Å². The summed E-state index contributed by atoms with van der Waals surface area (Å²) >= 11 is 1.77. The van der Waals surface area contributed by atoms with Gasteiger partial charge in [0.25, 0.3) is 0 Å². The van der Waals surface area contributed by atoms with Crippen molar-refractivity contribution in [1.82, 2.24) is 19.5 Å². The second-order valence-corrected chi connectivity index (χ2v) is 18.9. The van der Waals surface area contributed by atoms with Crippen LogP contribution in [0.3, 0.4) is 0 Å². The molecular formula is C63H36N4O2S. The number of aromatic nitrogens is 4. The number of thiophene rings is 1. The number of para-hydroxylation sites is 2. The Kier molecular flexibility index (Phi) is 8.43. The van der Waals surface area contributed by atoms with E-state index in [-0.39, 0.29) is 0 Å². The summed E-state index contributed by atoms with van der Waals surface area (Å²) in [7, 11) is 0. The van der Waals surface area contributed by atoms with Crippen LogP contribution in [0.5, 0.6) is 0 Å². The highest BCUT2D eigenvalue weighted by molar-refractivity contribution is 7.26. The monoisotopic (exact) mass is 912 g/mol. The fraction of sp³-hybridized carbons (Fsp3) is 0. The van der Waals surface area contributed by atoms with Gasteiger partial charge >= 0.3 is 0 Å². The third-order valence-corrected chi connectivity index (χ3v) is 15.1. The lowest BCUT2D eigenvalue weighted by Gasteiger charge is -2.10. The predicted molar refractivity (Wildman–Crippen MR) is 289 cm³/mol. The molecule has 0 spiro atoms. The molecule has 15 rings (SSSR count). The number of hydrogen-bond donors (Lipinski definition) is 0. The van der Waals surface area contributed by atoms with Crippen LogP contribution in [0.15, 0.2) is 227 Å². The van der Waals surface area contributed by atoms with Crippen LogP contribution in [0.4, 0.5) is 0 Å². The second kappa shape index (κ2) is 15.2. The minimum absolute atomic E-state index is 0.584. The lowest BCUT2D eigenvalue weighted by molar-refractivity contribution is 0.669. The highest BCUT2D eigenvalue weighted by atomic mass is 32.1. The zero-order valence-corrected chi connectivity index (χ0v) is 38.1. The Bertz CT molecular complexity index is 4600. The molecule has 0 saturated carbocycles. The van der Waals surface area contributed by atoms with Gasteiger partial charge < -0.3 is 13.4 Å². The van der Waals surface area contributed by atoms with Gasteiger partial charge in [-0.2, -0.15) is 0 Å². The molecule has 0 N–H and O–H groups in total. The molecule has 0 saturated heterocycles. The number of furan rings is 2.